The first-order chi connectivity index (χ1) is 21.0. The molecule has 5 rings (SSSR count). The van der Waals surface area contributed by atoms with Gasteiger partial charge in [0.05, 0.1) is 23.8 Å². The van der Waals surface area contributed by atoms with Crippen molar-refractivity contribution >= 4 is 40.5 Å². The number of Topliss-reactive ketones (excluding diaryl/α,β-unsaturated/α-hetero) is 2. The molecule has 2 fully saturated rings. The molecule has 13 heteroatoms. The molecular weight excluding hydrogens is 582 g/mol. The fourth-order valence-corrected chi connectivity index (χ4v) is 7.89. The largest absolute Gasteiger partial charge is 0.508 e. The Bertz CT molecular complexity index is 1550. The summed E-state index contributed by atoms with van der Waals surface area (Å²) in [5, 5.41) is 48.7. The lowest BCUT2D eigenvalue weighted by Gasteiger charge is -2.50. The highest BCUT2D eigenvalue weighted by Crippen LogP contribution is 2.54. The number of amides is 2. The Morgan fingerprint density at radius 1 is 1.09 bits per heavy atom. The number of carbonyl (C=O) groups excluding carboxylic acids is 4. The molecule has 0 aromatic heterocycles. The van der Waals surface area contributed by atoms with Crippen molar-refractivity contribution in [2.24, 2.45) is 23.0 Å². The molecule has 1 saturated carbocycles. The van der Waals surface area contributed by atoms with Gasteiger partial charge in [-0.15, -0.1) is 0 Å². The topological polar surface area (TPSA) is 197 Å². The van der Waals surface area contributed by atoms with E-state index in [2.05, 4.69) is 19.2 Å². The maximum atomic E-state index is 14.1. The summed E-state index contributed by atoms with van der Waals surface area (Å²) in [7, 11) is 6.64. The first-order valence-electron chi connectivity index (χ1n) is 15.3. The molecule has 4 aliphatic rings. The Morgan fingerprint density at radius 3 is 2.24 bits per heavy atom. The minimum Gasteiger partial charge on any atom is -0.508 e. The second-order valence-electron chi connectivity index (χ2n) is 13.4. The number of aromatic hydroxyl groups is 1. The molecule has 0 spiro atoms. The van der Waals surface area contributed by atoms with Crippen LogP contribution in [0, 0.1) is 17.3 Å². The number of nitrogens with one attached hydrogen (secondary N) is 1. The normalized spacial score (nSPS) is 27.5. The highest BCUT2D eigenvalue weighted by atomic mass is 16.3. The van der Waals surface area contributed by atoms with Crippen LogP contribution in [0.5, 0.6) is 5.75 Å². The fourth-order valence-electron chi connectivity index (χ4n) is 7.89. The number of aliphatic hydroxyl groups is 3. The Kier molecular flexibility index (Phi) is 8.04. The Hall–Kier alpha value is -3.94. The van der Waals surface area contributed by atoms with E-state index < -0.39 is 63.8 Å². The van der Waals surface area contributed by atoms with E-state index in [4.69, 9.17) is 5.73 Å². The van der Waals surface area contributed by atoms with Gasteiger partial charge in [-0.05, 0) is 62.7 Å². The second kappa shape index (κ2) is 11.1. The van der Waals surface area contributed by atoms with Crippen LogP contribution in [0.1, 0.15) is 44.2 Å². The number of phenols is 1. The van der Waals surface area contributed by atoms with E-state index in [0.29, 0.717) is 11.3 Å². The predicted octanol–water partition coefficient (Wildman–Crippen LogP) is 1.09. The van der Waals surface area contributed by atoms with Crippen molar-refractivity contribution in [3.63, 3.8) is 0 Å². The zero-order valence-electron chi connectivity index (χ0n) is 26.6. The maximum absolute atomic E-state index is 14.1. The molecule has 0 unspecified atom stereocenters. The number of likely N-dealkylation sites (tertiary alicyclic amines) is 1. The molecule has 7 N–H and O–H groups in total. The van der Waals surface area contributed by atoms with Gasteiger partial charge in [-0.1, -0.05) is 13.8 Å². The number of aliphatic hydroxyl groups excluding tert-OH is 2. The zero-order chi connectivity index (χ0) is 33.3. The van der Waals surface area contributed by atoms with Crippen LogP contribution >= 0.6 is 0 Å². The third kappa shape index (κ3) is 4.79. The molecular formula is C32H43N5O8. The van der Waals surface area contributed by atoms with Crippen LogP contribution in [0.4, 0.5) is 11.4 Å². The van der Waals surface area contributed by atoms with Crippen molar-refractivity contribution in [1.29, 1.82) is 0 Å². The predicted molar refractivity (Wildman–Crippen MR) is 167 cm³/mol. The highest BCUT2D eigenvalue weighted by Gasteiger charge is 2.64. The summed E-state index contributed by atoms with van der Waals surface area (Å²) in [5.41, 5.74) is 2.83. The number of phenolic OH excluding ortho intramolecular Hbond substituents is 1. The summed E-state index contributed by atoms with van der Waals surface area (Å²) in [6.07, 6.45) is 2.18. The third-order valence-electron chi connectivity index (χ3n) is 10.4. The number of hydrogen-bond acceptors (Lipinski definition) is 11. The summed E-state index contributed by atoms with van der Waals surface area (Å²) < 4.78 is 0. The monoisotopic (exact) mass is 625 g/mol. The van der Waals surface area contributed by atoms with E-state index in [1.165, 1.54) is 4.90 Å². The number of primary amides is 1. The lowest BCUT2D eigenvalue weighted by molar-refractivity contribution is -0.153. The molecule has 1 aromatic carbocycles. The molecule has 0 bridgehead atoms. The van der Waals surface area contributed by atoms with Gasteiger partial charge in [0.1, 0.15) is 22.8 Å². The van der Waals surface area contributed by atoms with Crippen molar-refractivity contribution in [3.8, 4) is 5.75 Å². The number of ketones is 2. The van der Waals surface area contributed by atoms with Gasteiger partial charge in [0.15, 0.2) is 11.4 Å². The molecule has 1 aromatic rings. The van der Waals surface area contributed by atoms with Crippen LogP contribution < -0.4 is 16.0 Å². The van der Waals surface area contributed by atoms with E-state index in [0.717, 1.165) is 25.9 Å². The molecule has 0 radical (unpaired) electrons. The lowest BCUT2D eigenvalue weighted by Crippen LogP contribution is -2.65. The number of hydrogen-bond donors (Lipinski definition) is 6. The molecule has 1 heterocycles. The van der Waals surface area contributed by atoms with E-state index in [-0.39, 0.29) is 47.5 Å². The minimum absolute atomic E-state index is 0.00920. The number of fused-ring (bicyclic) bond motifs is 3. The lowest BCUT2D eigenvalue weighted by atomic mass is 9.57. The molecule has 2 amide bonds. The SMILES string of the molecule is CCC1(CC)CN(CC(=O)Nc2cc(N(C)C)c3c(c2O)C(O)=C2C(=O)[C@]4(O)C(O)=C(C(N)=O)C(=O)[C@@H](N(C)C)[C@@H]4C[C@@H]2C3)C1. The minimum atomic E-state index is -2.72. The second-order valence-corrected chi connectivity index (χ2v) is 13.4. The Morgan fingerprint density at radius 2 is 1.71 bits per heavy atom. The van der Waals surface area contributed by atoms with E-state index in [1.807, 2.05) is 4.90 Å². The summed E-state index contributed by atoms with van der Waals surface area (Å²) in [4.78, 5) is 57.9. The van der Waals surface area contributed by atoms with Gasteiger partial charge in [0.2, 0.25) is 11.7 Å². The van der Waals surface area contributed by atoms with Gasteiger partial charge in [-0.3, -0.25) is 29.0 Å². The van der Waals surface area contributed by atoms with Crippen LogP contribution in [0.25, 0.3) is 5.76 Å². The highest BCUT2D eigenvalue weighted by molar-refractivity contribution is 6.24. The number of anilines is 2. The van der Waals surface area contributed by atoms with Crippen molar-refractivity contribution in [2.45, 2.75) is 51.2 Å². The van der Waals surface area contributed by atoms with Crippen LogP contribution in [0.15, 0.2) is 23.0 Å². The van der Waals surface area contributed by atoms with Crippen molar-refractivity contribution in [1.82, 2.24) is 9.80 Å². The average Bonchev–Trinajstić information content (AvgIpc) is 2.93. The molecule has 244 valence electrons. The first kappa shape index (κ1) is 32.5. The molecule has 45 heavy (non-hydrogen) atoms. The summed E-state index contributed by atoms with van der Waals surface area (Å²) >= 11 is 0. The van der Waals surface area contributed by atoms with Crippen molar-refractivity contribution in [3.05, 3.63) is 34.1 Å². The van der Waals surface area contributed by atoms with Gasteiger partial charge in [0, 0.05) is 44.4 Å². The summed E-state index contributed by atoms with van der Waals surface area (Å²) in [5.74, 6) is -7.59. The van der Waals surface area contributed by atoms with E-state index in [1.54, 1.807) is 39.2 Å². The van der Waals surface area contributed by atoms with Crippen LogP contribution in [-0.4, -0.2) is 113 Å². The molecule has 3 aliphatic carbocycles. The molecule has 4 atom stereocenters. The number of nitrogens with two attached hydrogens (primary N) is 1. The number of benzene rings is 1. The maximum Gasteiger partial charge on any atom is 0.255 e. The van der Waals surface area contributed by atoms with E-state index >= 15 is 0 Å². The third-order valence-corrected chi connectivity index (χ3v) is 10.4. The molecule has 13 nitrogen and oxygen atoms in total. The van der Waals surface area contributed by atoms with Gasteiger partial charge < -0.3 is 36.4 Å². The summed E-state index contributed by atoms with van der Waals surface area (Å²) in [6, 6.07) is 0.456. The van der Waals surface area contributed by atoms with Gasteiger partial charge in [-0.2, -0.15) is 0 Å². The quantitative estimate of drug-likeness (QED) is 0.179. The van der Waals surface area contributed by atoms with Crippen LogP contribution in [0.3, 0.4) is 0 Å². The van der Waals surface area contributed by atoms with Crippen LogP contribution in [-0.2, 0) is 25.6 Å². The number of carbonyl (C=O) groups is 4. The molecule has 1 aliphatic heterocycles. The average molecular weight is 626 g/mol. The van der Waals surface area contributed by atoms with Gasteiger partial charge in [0.25, 0.3) is 5.91 Å². The number of likely N-dealkylation sites (N-methyl/N-ethyl adjacent to an activating group) is 1. The standard InChI is InChI=1S/C32H43N5O8/c1-7-31(8-2)13-37(14-31)12-20(38)34-18-11-19(35(3)4)16-9-15-10-17-24(36(5)6)27(41)23(30(33)44)29(43)32(17,45)28(42)21(15)26(40)22(16)25(18)39/h11,15,17,24,39-40,43,45H,7-10,12-14H2,1-6H3,(H2,33,44)(H,34,38)/t15-,17-,24-,32-/m0/s1. The van der Waals surface area contributed by atoms with Crippen molar-refractivity contribution in [2.75, 3.05) is 58.0 Å². The smallest absolute Gasteiger partial charge is 0.255 e. The van der Waals surface area contributed by atoms with Crippen molar-refractivity contribution < 1.29 is 39.6 Å². The number of nitrogens with zero attached hydrogens (tertiary/aromatic N) is 3. The number of rotatable bonds is 8. The first-order valence-corrected chi connectivity index (χ1v) is 15.3. The summed E-state index contributed by atoms with van der Waals surface area (Å²) in [6.45, 7) is 5.99. The molecule has 1 saturated heterocycles. The Labute approximate surface area is 262 Å². The van der Waals surface area contributed by atoms with E-state index in [9.17, 15) is 39.6 Å². The Balaban J connectivity index is 1.57. The fraction of sp³-hybridized carbons (Fsp3) is 0.562. The van der Waals surface area contributed by atoms with Crippen LogP contribution in [0.2, 0.25) is 0 Å². The van der Waals surface area contributed by atoms with Gasteiger partial charge in [-0.25, -0.2) is 0 Å². The zero-order valence-corrected chi connectivity index (χ0v) is 26.6. The van der Waals surface area contributed by atoms with Gasteiger partial charge >= 0.3 is 0 Å².